The number of likely N-dealkylation sites (tertiary alicyclic amines) is 1. The highest BCUT2D eigenvalue weighted by Gasteiger charge is 2.39. The minimum Gasteiger partial charge on any atom is -0.354 e. The predicted molar refractivity (Wildman–Crippen MR) is 75.8 cm³/mol. The van der Waals surface area contributed by atoms with Gasteiger partial charge in [-0.25, -0.2) is 0 Å². The molecule has 1 unspecified atom stereocenters. The van der Waals surface area contributed by atoms with Crippen molar-refractivity contribution in [3.8, 4) is 0 Å². The lowest BCUT2D eigenvalue weighted by molar-refractivity contribution is -0.140. The van der Waals surface area contributed by atoms with Crippen LogP contribution in [0.3, 0.4) is 0 Å². The molecule has 19 heavy (non-hydrogen) atoms. The molecule has 0 aromatic heterocycles. The molecule has 1 aliphatic heterocycles. The number of imide groups is 1. The Morgan fingerprint density at radius 1 is 1.47 bits per heavy atom. The van der Waals surface area contributed by atoms with Crippen molar-refractivity contribution in [1.29, 1.82) is 0 Å². The molecule has 5 nitrogen and oxygen atoms in total. The summed E-state index contributed by atoms with van der Waals surface area (Å²) in [5.41, 5.74) is 0. The smallest absolute Gasteiger partial charge is 0.233 e. The van der Waals surface area contributed by atoms with E-state index in [0.29, 0.717) is 25.1 Å². The lowest BCUT2D eigenvalue weighted by atomic mass is 9.94. The minimum atomic E-state index is -0.201. The topological polar surface area (TPSA) is 66.5 Å². The van der Waals surface area contributed by atoms with Crippen molar-refractivity contribution in [2.45, 2.75) is 33.1 Å². The highest BCUT2D eigenvalue weighted by Crippen LogP contribution is 2.25. The molecule has 1 atom stereocenters. The monoisotopic (exact) mass is 286 g/mol. The quantitative estimate of drug-likeness (QED) is 0.538. The van der Waals surface area contributed by atoms with Gasteiger partial charge in [0.25, 0.3) is 0 Å². The summed E-state index contributed by atoms with van der Waals surface area (Å²) in [6.45, 7) is 4.48. The summed E-state index contributed by atoms with van der Waals surface area (Å²) in [6.07, 6.45) is 1.45. The molecule has 6 heteroatoms. The number of hydrogen-bond donors (Lipinski definition) is 2. The standard InChI is InChI=1S/C13H22N2O3S/c1-9(2)10-8-12(17)15(13(10)18)6-5-14-11(16)4-3-7-19/h9-10,19H,3-8H2,1-2H3,(H,14,16). The van der Waals surface area contributed by atoms with E-state index in [4.69, 9.17) is 0 Å². The normalized spacial score (nSPS) is 19.4. The summed E-state index contributed by atoms with van der Waals surface area (Å²) >= 11 is 4.03. The number of rotatable bonds is 7. The summed E-state index contributed by atoms with van der Waals surface area (Å²) in [5.74, 6) is 0.345. The van der Waals surface area contributed by atoms with Gasteiger partial charge in [-0.3, -0.25) is 19.3 Å². The van der Waals surface area contributed by atoms with Crippen molar-refractivity contribution >= 4 is 30.4 Å². The molecule has 1 fully saturated rings. The van der Waals surface area contributed by atoms with Crippen LogP contribution in [0.1, 0.15) is 33.1 Å². The van der Waals surface area contributed by atoms with Gasteiger partial charge in [0.15, 0.2) is 0 Å². The first-order chi connectivity index (χ1) is 8.97. The fraction of sp³-hybridized carbons (Fsp3) is 0.769. The Hall–Kier alpha value is -1.04. The Bertz CT molecular complexity index is 358. The summed E-state index contributed by atoms with van der Waals surface area (Å²) in [7, 11) is 0. The molecule has 1 heterocycles. The van der Waals surface area contributed by atoms with Gasteiger partial charge in [-0.05, 0) is 18.1 Å². The van der Waals surface area contributed by atoms with E-state index in [0.717, 1.165) is 6.42 Å². The molecule has 0 aliphatic carbocycles. The Morgan fingerprint density at radius 3 is 2.68 bits per heavy atom. The Morgan fingerprint density at radius 2 is 2.16 bits per heavy atom. The Labute approximate surface area is 119 Å². The molecule has 1 aliphatic rings. The lowest BCUT2D eigenvalue weighted by Crippen LogP contribution is -2.38. The fourth-order valence-electron chi connectivity index (χ4n) is 2.10. The van der Waals surface area contributed by atoms with Crippen LogP contribution in [-0.2, 0) is 14.4 Å². The number of nitrogens with zero attached hydrogens (tertiary/aromatic N) is 1. The van der Waals surface area contributed by atoms with Crippen LogP contribution in [0.25, 0.3) is 0 Å². The molecule has 0 aromatic rings. The third kappa shape index (κ3) is 4.53. The maximum absolute atomic E-state index is 12.0. The average molecular weight is 286 g/mol. The van der Waals surface area contributed by atoms with Crippen molar-refractivity contribution < 1.29 is 14.4 Å². The third-order valence-electron chi connectivity index (χ3n) is 3.30. The molecule has 1 rings (SSSR count). The number of nitrogens with one attached hydrogen (secondary N) is 1. The molecule has 0 radical (unpaired) electrons. The van der Waals surface area contributed by atoms with Gasteiger partial charge in [0.2, 0.25) is 17.7 Å². The van der Waals surface area contributed by atoms with E-state index in [1.807, 2.05) is 13.8 Å². The second kappa shape index (κ2) is 7.53. The number of hydrogen-bond acceptors (Lipinski definition) is 4. The van der Waals surface area contributed by atoms with Crippen molar-refractivity contribution in [2.75, 3.05) is 18.8 Å². The lowest BCUT2D eigenvalue weighted by Gasteiger charge is -2.16. The van der Waals surface area contributed by atoms with Crippen LogP contribution in [0.5, 0.6) is 0 Å². The van der Waals surface area contributed by atoms with E-state index in [-0.39, 0.29) is 36.1 Å². The summed E-state index contributed by atoms with van der Waals surface area (Å²) in [4.78, 5) is 36.4. The van der Waals surface area contributed by atoms with E-state index in [2.05, 4.69) is 17.9 Å². The van der Waals surface area contributed by atoms with Gasteiger partial charge < -0.3 is 5.32 Å². The van der Waals surface area contributed by atoms with Crippen molar-refractivity contribution in [3.05, 3.63) is 0 Å². The first-order valence-corrected chi connectivity index (χ1v) is 7.32. The number of carbonyl (C=O) groups is 3. The largest absolute Gasteiger partial charge is 0.354 e. The van der Waals surface area contributed by atoms with Gasteiger partial charge in [-0.1, -0.05) is 13.8 Å². The summed E-state index contributed by atoms with van der Waals surface area (Å²) in [6, 6.07) is 0. The Kier molecular flexibility index (Phi) is 6.34. The van der Waals surface area contributed by atoms with Gasteiger partial charge in [0, 0.05) is 31.8 Å². The SMILES string of the molecule is CC(C)C1CC(=O)N(CCNC(=O)CCCS)C1=O. The number of carbonyl (C=O) groups excluding carboxylic acids is 3. The molecule has 1 N–H and O–H groups in total. The fourth-order valence-corrected chi connectivity index (χ4v) is 2.26. The molecule has 3 amide bonds. The van der Waals surface area contributed by atoms with E-state index in [1.54, 1.807) is 0 Å². The molecule has 108 valence electrons. The van der Waals surface area contributed by atoms with Gasteiger partial charge in [-0.15, -0.1) is 0 Å². The van der Waals surface area contributed by atoms with Crippen molar-refractivity contribution in [1.82, 2.24) is 10.2 Å². The van der Waals surface area contributed by atoms with Crippen LogP contribution in [0, 0.1) is 11.8 Å². The first-order valence-electron chi connectivity index (χ1n) is 6.69. The van der Waals surface area contributed by atoms with E-state index in [9.17, 15) is 14.4 Å². The average Bonchev–Trinajstić information content (AvgIpc) is 2.64. The third-order valence-corrected chi connectivity index (χ3v) is 3.62. The second-order valence-electron chi connectivity index (χ2n) is 5.12. The summed E-state index contributed by atoms with van der Waals surface area (Å²) < 4.78 is 0. The highest BCUT2D eigenvalue weighted by atomic mass is 32.1. The van der Waals surface area contributed by atoms with Crippen LogP contribution >= 0.6 is 12.6 Å². The van der Waals surface area contributed by atoms with Crippen LogP contribution in [0.4, 0.5) is 0 Å². The van der Waals surface area contributed by atoms with Crippen LogP contribution < -0.4 is 5.32 Å². The molecule has 0 saturated carbocycles. The van der Waals surface area contributed by atoms with Crippen molar-refractivity contribution in [2.24, 2.45) is 11.8 Å². The molecule has 0 spiro atoms. The van der Waals surface area contributed by atoms with Crippen molar-refractivity contribution in [3.63, 3.8) is 0 Å². The zero-order valence-corrected chi connectivity index (χ0v) is 12.4. The van der Waals surface area contributed by atoms with E-state index >= 15 is 0 Å². The highest BCUT2D eigenvalue weighted by molar-refractivity contribution is 7.80. The molecular formula is C13H22N2O3S. The number of thiol groups is 1. The predicted octanol–water partition coefficient (Wildman–Crippen LogP) is 0.844. The molecular weight excluding hydrogens is 264 g/mol. The zero-order valence-electron chi connectivity index (χ0n) is 11.5. The van der Waals surface area contributed by atoms with Gasteiger partial charge in [0.05, 0.1) is 0 Å². The zero-order chi connectivity index (χ0) is 14.4. The maximum atomic E-state index is 12.0. The van der Waals surface area contributed by atoms with E-state index < -0.39 is 0 Å². The number of amides is 3. The van der Waals surface area contributed by atoms with Crippen LogP contribution in [-0.4, -0.2) is 41.5 Å². The second-order valence-corrected chi connectivity index (χ2v) is 5.56. The van der Waals surface area contributed by atoms with Gasteiger partial charge in [0.1, 0.15) is 0 Å². The minimum absolute atomic E-state index is 0.0615. The van der Waals surface area contributed by atoms with Crippen LogP contribution in [0.2, 0.25) is 0 Å². The molecule has 1 saturated heterocycles. The van der Waals surface area contributed by atoms with Crippen LogP contribution in [0.15, 0.2) is 0 Å². The molecule has 0 aromatic carbocycles. The maximum Gasteiger partial charge on any atom is 0.233 e. The van der Waals surface area contributed by atoms with Gasteiger partial charge in [-0.2, -0.15) is 12.6 Å². The Balaban J connectivity index is 2.35. The first kappa shape index (κ1) is 16.0. The van der Waals surface area contributed by atoms with Gasteiger partial charge >= 0.3 is 0 Å². The summed E-state index contributed by atoms with van der Waals surface area (Å²) in [5, 5.41) is 2.71. The van der Waals surface area contributed by atoms with E-state index in [1.165, 1.54) is 4.90 Å². The molecule has 0 bridgehead atoms.